The highest BCUT2D eigenvalue weighted by atomic mass is 16.5. The molecular formula is C20H31N3O3. The molecule has 2 rings (SSSR count). The Kier molecular flexibility index (Phi) is 8.58. The summed E-state index contributed by atoms with van der Waals surface area (Å²) in [5, 5.41) is 5.80. The van der Waals surface area contributed by atoms with Gasteiger partial charge in [-0.25, -0.2) is 0 Å². The van der Waals surface area contributed by atoms with E-state index < -0.39 is 0 Å². The van der Waals surface area contributed by atoms with Gasteiger partial charge in [-0.3, -0.25) is 14.5 Å². The second-order valence-corrected chi connectivity index (χ2v) is 6.75. The Morgan fingerprint density at radius 3 is 2.65 bits per heavy atom. The van der Waals surface area contributed by atoms with Crippen LogP contribution in [0, 0.1) is 0 Å². The van der Waals surface area contributed by atoms with Gasteiger partial charge in [0.2, 0.25) is 5.91 Å². The third-order valence-corrected chi connectivity index (χ3v) is 4.37. The van der Waals surface area contributed by atoms with Crippen LogP contribution in [0.25, 0.3) is 0 Å². The molecule has 1 atom stereocenters. The van der Waals surface area contributed by atoms with E-state index >= 15 is 0 Å². The molecule has 0 aromatic heterocycles. The SMILES string of the molecule is CCCN(CCC)CC(=O)Nc1cccc(C(=O)NCC2CCCO2)c1. The lowest BCUT2D eigenvalue weighted by Crippen LogP contribution is -2.34. The smallest absolute Gasteiger partial charge is 0.251 e. The minimum Gasteiger partial charge on any atom is -0.376 e. The molecule has 0 spiro atoms. The first kappa shape index (κ1) is 20.4. The Morgan fingerprint density at radius 2 is 2.00 bits per heavy atom. The third kappa shape index (κ3) is 6.77. The predicted molar refractivity (Wildman–Crippen MR) is 103 cm³/mol. The Hall–Kier alpha value is -1.92. The van der Waals surface area contributed by atoms with Gasteiger partial charge in [0.25, 0.3) is 5.91 Å². The average molecular weight is 361 g/mol. The fraction of sp³-hybridized carbons (Fsp3) is 0.600. The summed E-state index contributed by atoms with van der Waals surface area (Å²) in [4.78, 5) is 26.7. The lowest BCUT2D eigenvalue weighted by molar-refractivity contribution is -0.117. The summed E-state index contributed by atoms with van der Waals surface area (Å²) in [6.45, 7) is 7.71. The van der Waals surface area contributed by atoms with Gasteiger partial charge in [0.05, 0.1) is 12.6 Å². The molecule has 6 nitrogen and oxygen atoms in total. The zero-order valence-electron chi connectivity index (χ0n) is 15.9. The number of amides is 2. The molecule has 1 unspecified atom stereocenters. The monoisotopic (exact) mass is 361 g/mol. The van der Waals surface area contributed by atoms with Crippen molar-refractivity contribution in [2.24, 2.45) is 0 Å². The first-order valence-corrected chi connectivity index (χ1v) is 9.64. The summed E-state index contributed by atoms with van der Waals surface area (Å²) < 4.78 is 5.52. The fourth-order valence-electron chi connectivity index (χ4n) is 3.16. The van der Waals surface area contributed by atoms with Gasteiger partial charge in [-0.15, -0.1) is 0 Å². The maximum Gasteiger partial charge on any atom is 0.251 e. The molecule has 1 aliphatic rings. The van der Waals surface area contributed by atoms with Crippen molar-refractivity contribution in [2.75, 3.05) is 38.1 Å². The van der Waals surface area contributed by atoms with E-state index in [1.807, 2.05) is 0 Å². The van der Waals surface area contributed by atoms with E-state index in [1.165, 1.54) is 0 Å². The van der Waals surface area contributed by atoms with Crippen LogP contribution < -0.4 is 10.6 Å². The number of nitrogens with one attached hydrogen (secondary N) is 2. The molecule has 0 radical (unpaired) electrons. The maximum atomic E-state index is 12.3. The minimum atomic E-state index is -0.143. The summed E-state index contributed by atoms with van der Waals surface area (Å²) in [5.41, 5.74) is 1.19. The summed E-state index contributed by atoms with van der Waals surface area (Å²) in [6, 6.07) is 7.05. The highest BCUT2D eigenvalue weighted by Crippen LogP contribution is 2.13. The molecule has 26 heavy (non-hydrogen) atoms. The van der Waals surface area contributed by atoms with E-state index in [0.717, 1.165) is 45.4 Å². The Bertz CT molecular complexity index is 579. The maximum absolute atomic E-state index is 12.3. The topological polar surface area (TPSA) is 70.7 Å². The van der Waals surface area contributed by atoms with Crippen molar-refractivity contribution in [1.82, 2.24) is 10.2 Å². The van der Waals surface area contributed by atoms with Gasteiger partial charge in [0.1, 0.15) is 0 Å². The first-order valence-electron chi connectivity index (χ1n) is 9.64. The van der Waals surface area contributed by atoms with Crippen molar-refractivity contribution in [3.05, 3.63) is 29.8 Å². The fourth-order valence-corrected chi connectivity index (χ4v) is 3.16. The van der Waals surface area contributed by atoms with Crippen LogP contribution in [0.5, 0.6) is 0 Å². The Labute approximate surface area is 156 Å². The quantitative estimate of drug-likeness (QED) is 0.672. The number of carbonyl (C=O) groups is 2. The van der Waals surface area contributed by atoms with Crippen LogP contribution in [-0.2, 0) is 9.53 Å². The summed E-state index contributed by atoms with van der Waals surface area (Å²) in [7, 11) is 0. The average Bonchev–Trinajstić information content (AvgIpc) is 3.14. The number of ether oxygens (including phenoxy) is 1. The van der Waals surface area contributed by atoms with Crippen molar-refractivity contribution in [3.8, 4) is 0 Å². The van der Waals surface area contributed by atoms with Gasteiger partial charge in [-0.1, -0.05) is 19.9 Å². The van der Waals surface area contributed by atoms with Crippen LogP contribution in [0.2, 0.25) is 0 Å². The molecule has 1 saturated heterocycles. The first-order chi connectivity index (χ1) is 12.6. The molecule has 6 heteroatoms. The van der Waals surface area contributed by atoms with E-state index in [4.69, 9.17) is 4.74 Å². The van der Waals surface area contributed by atoms with Crippen molar-refractivity contribution in [1.29, 1.82) is 0 Å². The number of benzene rings is 1. The summed E-state index contributed by atoms with van der Waals surface area (Å²) in [5.74, 6) is -0.195. The van der Waals surface area contributed by atoms with Crippen LogP contribution in [-0.4, -0.2) is 55.6 Å². The molecule has 1 aromatic carbocycles. The molecular weight excluding hydrogens is 330 g/mol. The van der Waals surface area contributed by atoms with E-state index in [2.05, 4.69) is 29.4 Å². The van der Waals surface area contributed by atoms with Crippen molar-refractivity contribution < 1.29 is 14.3 Å². The normalized spacial score (nSPS) is 16.7. The Morgan fingerprint density at radius 1 is 1.23 bits per heavy atom. The van der Waals surface area contributed by atoms with Crippen LogP contribution in [0.3, 0.4) is 0 Å². The van der Waals surface area contributed by atoms with E-state index in [-0.39, 0.29) is 17.9 Å². The lowest BCUT2D eigenvalue weighted by Gasteiger charge is -2.20. The molecule has 0 aliphatic carbocycles. The van der Waals surface area contributed by atoms with Crippen LogP contribution >= 0.6 is 0 Å². The van der Waals surface area contributed by atoms with Crippen molar-refractivity contribution >= 4 is 17.5 Å². The summed E-state index contributed by atoms with van der Waals surface area (Å²) >= 11 is 0. The lowest BCUT2D eigenvalue weighted by atomic mass is 10.1. The van der Waals surface area contributed by atoms with Gasteiger partial charge in [0, 0.05) is 24.4 Å². The molecule has 1 aromatic rings. The van der Waals surface area contributed by atoms with E-state index in [1.54, 1.807) is 24.3 Å². The van der Waals surface area contributed by atoms with Crippen molar-refractivity contribution in [2.45, 2.75) is 45.6 Å². The highest BCUT2D eigenvalue weighted by molar-refractivity contribution is 5.97. The number of carbonyl (C=O) groups excluding carboxylic acids is 2. The number of nitrogens with zero attached hydrogens (tertiary/aromatic N) is 1. The van der Waals surface area contributed by atoms with Gasteiger partial charge < -0.3 is 15.4 Å². The zero-order chi connectivity index (χ0) is 18.8. The van der Waals surface area contributed by atoms with Crippen molar-refractivity contribution in [3.63, 3.8) is 0 Å². The van der Waals surface area contributed by atoms with Crippen LogP contribution in [0.4, 0.5) is 5.69 Å². The summed E-state index contributed by atoms with van der Waals surface area (Å²) in [6.07, 6.45) is 4.20. The molecule has 0 bridgehead atoms. The molecule has 144 valence electrons. The molecule has 2 N–H and O–H groups in total. The zero-order valence-corrected chi connectivity index (χ0v) is 15.9. The third-order valence-electron chi connectivity index (χ3n) is 4.37. The number of hydrogen-bond acceptors (Lipinski definition) is 4. The molecule has 1 heterocycles. The number of hydrogen-bond donors (Lipinski definition) is 2. The van der Waals surface area contributed by atoms with Gasteiger partial charge in [-0.05, 0) is 57.0 Å². The van der Waals surface area contributed by atoms with E-state index in [0.29, 0.717) is 24.3 Å². The van der Waals surface area contributed by atoms with E-state index in [9.17, 15) is 9.59 Å². The van der Waals surface area contributed by atoms with Gasteiger partial charge in [0.15, 0.2) is 0 Å². The van der Waals surface area contributed by atoms with Gasteiger partial charge in [-0.2, -0.15) is 0 Å². The Balaban J connectivity index is 1.86. The van der Waals surface area contributed by atoms with Gasteiger partial charge >= 0.3 is 0 Å². The van der Waals surface area contributed by atoms with Crippen LogP contribution in [0.15, 0.2) is 24.3 Å². The molecule has 0 saturated carbocycles. The number of rotatable bonds is 10. The second kappa shape index (κ2) is 10.9. The number of anilines is 1. The highest BCUT2D eigenvalue weighted by Gasteiger charge is 2.17. The standard InChI is InChI=1S/C20H31N3O3/c1-3-10-23(11-4-2)15-19(24)22-17-8-5-7-16(13-17)20(25)21-14-18-9-6-12-26-18/h5,7-8,13,18H,3-4,6,9-12,14-15H2,1-2H3,(H,21,25)(H,22,24). The minimum absolute atomic E-state index is 0.0520. The molecule has 1 fully saturated rings. The predicted octanol–water partition coefficient (Wildman–Crippen LogP) is 2.66. The van der Waals surface area contributed by atoms with Crippen LogP contribution in [0.1, 0.15) is 49.9 Å². The molecule has 1 aliphatic heterocycles. The molecule has 2 amide bonds. The second-order valence-electron chi connectivity index (χ2n) is 6.75. The largest absolute Gasteiger partial charge is 0.376 e.